The Balaban J connectivity index is 0.000000704. The average Bonchev–Trinajstić information content (AvgIpc) is 3.05. The van der Waals surface area contributed by atoms with Crippen LogP contribution in [0.25, 0.3) is 0 Å². The average molecular weight is 270 g/mol. The summed E-state index contributed by atoms with van der Waals surface area (Å²) in [6, 6.07) is 0. The smallest absolute Gasteiger partial charge is 0.0124 e. The van der Waals surface area contributed by atoms with Gasteiger partial charge in [0.25, 0.3) is 0 Å². The van der Waals surface area contributed by atoms with Crippen molar-refractivity contribution in [2.24, 2.45) is 5.92 Å². The maximum atomic E-state index is 4.23. The molecule has 0 aromatic rings. The van der Waals surface area contributed by atoms with Gasteiger partial charge in [0.05, 0.1) is 0 Å². The molecule has 0 aliphatic heterocycles. The normalized spacial score (nSPS) is 24.9. The van der Waals surface area contributed by atoms with Crippen LogP contribution in [0, 0.1) is 5.92 Å². The molecule has 0 saturated heterocycles. The van der Waals surface area contributed by atoms with E-state index < -0.39 is 0 Å². The summed E-state index contributed by atoms with van der Waals surface area (Å²) >= 11 is 0. The summed E-state index contributed by atoms with van der Waals surface area (Å²) in [4.78, 5) is 0. The zero-order valence-electron chi connectivity index (χ0n) is 13.6. The zero-order chi connectivity index (χ0) is 14.5. The lowest BCUT2D eigenvalue weighted by Crippen LogP contribution is -1.99. The van der Waals surface area contributed by atoms with Crippen LogP contribution in [0.2, 0.25) is 0 Å². The molecule has 0 spiro atoms. The van der Waals surface area contributed by atoms with Crippen LogP contribution in [0.5, 0.6) is 0 Å². The van der Waals surface area contributed by atoms with Gasteiger partial charge in [-0.2, -0.15) is 0 Å². The van der Waals surface area contributed by atoms with Crippen molar-refractivity contribution in [2.75, 3.05) is 0 Å². The van der Waals surface area contributed by atoms with Crippen LogP contribution in [0.3, 0.4) is 0 Å². The Labute approximate surface area is 125 Å². The van der Waals surface area contributed by atoms with Crippen molar-refractivity contribution in [1.29, 1.82) is 0 Å². The molecule has 3 rings (SSSR count). The van der Waals surface area contributed by atoms with Gasteiger partial charge in [-0.25, -0.2) is 0 Å². The first kappa shape index (κ1) is 15.4. The molecule has 20 heavy (non-hydrogen) atoms. The maximum Gasteiger partial charge on any atom is -0.0124 e. The topological polar surface area (TPSA) is 0 Å². The predicted octanol–water partition coefficient (Wildman–Crippen LogP) is 6.52. The second kappa shape index (κ2) is 7.11. The Hall–Kier alpha value is -1.04. The second-order valence-electron chi connectivity index (χ2n) is 6.23. The number of allylic oxidation sites excluding steroid dienone is 7. The quantitative estimate of drug-likeness (QED) is 0.512. The molecule has 0 amide bonds. The van der Waals surface area contributed by atoms with Crippen LogP contribution in [0.1, 0.15) is 72.1 Å². The lowest BCUT2D eigenvalue weighted by Gasteiger charge is -2.16. The summed E-state index contributed by atoms with van der Waals surface area (Å²) in [5, 5.41) is 0. The Morgan fingerprint density at radius 1 is 1.20 bits per heavy atom. The van der Waals surface area contributed by atoms with Crippen molar-refractivity contribution >= 4 is 0 Å². The summed E-state index contributed by atoms with van der Waals surface area (Å²) in [7, 11) is 0. The monoisotopic (exact) mass is 270 g/mol. The Bertz CT molecular complexity index is 456. The molecule has 1 atom stereocenters. The van der Waals surface area contributed by atoms with E-state index in [9.17, 15) is 0 Å². The van der Waals surface area contributed by atoms with Gasteiger partial charge >= 0.3 is 0 Å². The summed E-state index contributed by atoms with van der Waals surface area (Å²) in [6.07, 6.45) is 15.4. The van der Waals surface area contributed by atoms with Gasteiger partial charge in [-0.15, -0.1) is 0 Å². The number of rotatable bonds is 3. The van der Waals surface area contributed by atoms with Gasteiger partial charge < -0.3 is 0 Å². The van der Waals surface area contributed by atoms with Crippen molar-refractivity contribution in [3.63, 3.8) is 0 Å². The molecule has 110 valence electrons. The van der Waals surface area contributed by atoms with Gasteiger partial charge in [0.15, 0.2) is 0 Å². The fourth-order valence-corrected chi connectivity index (χ4v) is 3.69. The van der Waals surface area contributed by atoms with Gasteiger partial charge in [-0.3, -0.25) is 0 Å². The van der Waals surface area contributed by atoms with E-state index >= 15 is 0 Å². The fraction of sp³-hybridized carbons (Fsp3) is 0.600. The first-order chi connectivity index (χ1) is 9.74. The number of hydrogen-bond donors (Lipinski definition) is 0. The van der Waals surface area contributed by atoms with E-state index in [1.54, 1.807) is 22.3 Å². The van der Waals surface area contributed by atoms with Crippen molar-refractivity contribution < 1.29 is 0 Å². The molecule has 3 aliphatic rings. The third-order valence-electron chi connectivity index (χ3n) is 4.92. The molecule has 1 saturated carbocycles. The molecule has 0 heterocycles. The van der Waals surface area contributed by atoms with E-state index in [4.69, 9.17) is 0 Å². The Morgan fingerprint density at radius 3 is 2.70 bits per heavy atom. The lowest BCUT2D eigenvalue weighted by atomic mass is 9.89. The first-order valence-electron chi connectivity index (χ1n) is 8.50. The third kappa shape index (κ3) is 3.34. The standard InChI is InChI=1S/C18H24.C2H6/c1-13-6-7-16-10-11-17(18(16)12-13)9-8-15-5-3-4-14(15)2;1-2/h11-12,15H,2-10H2,1H3;1-2H3. The van der Waals surface area contributed by atoms with Crippen LogP contribution in [0.15, 0.2) is 46.6 Å². The van der Waals surface area contributed by atoms with Gasteiger partial charge in [0, 0.05) is 0 Å². The maximum absolute atomic E-state index is 4.23. The van der Waals surface area contributed by atoms with E-state index in [1.165, 1.54) is 56.9 Å². The second-order valence-corrected chi connectivity index (χ2v) is 6.23. The summed E-state index contributed by atoms with van der Waals surface area (Å²) in [5.41, 5.74) is 8.00. The largest absolute Gasteiger partial charge is 0.0996 e. The van der Waals surface area contributed by atoms with Crippen LogP contribution in [0.4, 0.5) is 0 Å². The highest BCUT2D eigenvalue weighted by molar-refractivity contribution is 5.52. The predicted molar refractivity (Wildman–Crippen MR) is 89.8 cm³/mol. The molecule has 0 nitrogen and oxygen atoms in total. The highest BCUT2D eigenvalue weighted by atomic mass is 14.3. The fourth-order valence-electron chi connectivity index (χ4n) is 3.69. The van der Waals surface area contributed by atoms with Crippen LogP contribution in [-0.4, -0.2) is 0 Å². The van der Waals surface area contributed by atoms with Crippen LogP contribution < -0.4 is 0 Å². The van der Waals surface area contributed by atoms with Crippen molar-refractivity contribution in [3.05, 3.63) is 46.6 Å². The number of hydrogen-bond acceptors (Lipinski definition) is 0. The molecule has 0 aromatic heterocycles. The molecule has 0 heteroatoms. The highest BCUT2D eigenvalue weighted by Crippen LogP contribution is 2.40. The van der Waals surface area contributed by atoms with E-state index in [1.807, 2.05) is 13.8 Å². The molecule has 0 bridgehead atoms. The zero-order valence-corrected chi connectivity index (χ0v) is 13.6. The molecule has 0 N–H and O–H groups in total. The summed E-state index contributed by atoms with van der Waals surface area (Å²) < 4.78 is 0. The van der Waals surface area contributed by atoms with Gasteiger partial charge in [-0.1, -0.05) is 49.3 Å². The third-order valence-corrected chi connectivity index (χ3v) is 4.92. The molecular formula is C20H30. The first-order valence-corrected chi connectivity index (χ1v) is 8.50. The molecule has 0 aromatic carbocycles. The van der Waals surface area contributed by atoms with Gasteiger partial charge in [0.2, 0.25) is 0 Å². The van der Waals surface area contributed by atoms with Crippen LogP contribution >= 0.6 is 0 Å². The minimum atomic E-state index is 0.809. The molecule has 3 aliphatic carbocycles. The van der Waals surface area contributed by atoms with Gasteiger partial charge in [-0.05, 0) is 75.4 Å². The van der Waals surface area contributed by atoms with Crippen molar-refractivity contribution in [1.82, 2.24) is 0 Å². The van der Waals surface area contributed by atoms with Crippen LogP contribution in [-0.2, 0) is 0 Å². The summed E-state index contributed by atoms with van der Waals surface area (Å²) in [5.74, 6) is 0.809. The van der Waals surface area contributed by atoms with Crippen molar-refractivity contribution in [2.45, 2.75) is 72.1 Å². The molecular weight excluding hydrogens is 240 g/mol. The van der Waals surface area contributed by atoms with Crippen molar-refractivity contribution in [3.8, 4) is 0 Å². The van der Waals surface area contributed by atoms with E-state index in [-0.39, 0.29) is 0 Å². The molecule has 0 radical (unpaired) electrons. The van der Waals surface area contributed by atoms with E-state index in [0.717, 1.165) is 5.92 Å². The summed E-state index contributed by atoms with van der Waals surface area (Å²) in [6.45, 7) is 10.5. The highest BCUT2D eigenvalue weighted by Gasteiger charge is 2.22. The Kier molecular flexibility index (Phi) is 5.46. The Morgan fingerprint density at radius 2 is 2.00 bits per heavy atom. The van der Waals surface area contributed by atoms with E-state index in [0.29, 0.717) is 0 Å². The minimum absolute atomic E-state index is 0.809. The minimum Gasteiger partial charge on any atom is -0.0996 e. The van der Waals surface area contributed by atoms with Gasteiger partial charge in [0.1, 0.15) is 0 Å². The molecule has 1 unspecified atom stereocenters. The van der Waals surface area contributed by atoms with E-state index in [2.05, 4.69) is 25.7 Å². The molecule has 1 fully saturated rings. The lowest BCUT2D eigenvalue weighted by molar-refractivity contribution is 0.574. The SMILES string of the molecule is C=C1CCCC1CCC1=CCC2=C1C=C(C)CC2.CC.